The molecule has 0 aromatic heterocycles. The van der Waals surface area contributed by atoms with E-state index in [0.717, 1.165) is 19.5 Å². The van der Waals surface area contributed by atoms with Gasteiger partial charge in [-0.1, -0.05) is 27.7 Å². The Morgan fingerprint density at radius 3 is 2.41 bits per heavy atom. The van der Waals surface area contributed by atoms with Gasteiger partial charge >= 0.3 is 0 Å². The number of nitrogens with one attached hydrogen (secondary N) is 2. The van der Waals surface area contributed by atoms with Crippen molar-refractivity contribution in [1.29, 1.82) is 0 Å². The summed E-state index contributed by atoms with van der Waals surface area (Å²) in [6.45, 7) is 9.85. The molecular weight excluding hydrogens is 216 g/mol. The minimum Gasteiger partial charge on any atom is -0.394 e. The zero-order valence-corrected chi connectivity index (χ0v) is 11.4. The molecule has 0 saturated carbocycles. The molecule has 100 valence electrons. The number of amides is 1. The third kappa shape index (κ3) is 2.99. The van der Waals surface area contributed by atoms with Gasteiger partial charge in [-0.05, 0) is 24.8 Å². The van der Waals surface area contributed by atoms with Gasteiger partial charge in [-0.25, -0.2) is 0 Å². The van der Waals surface area contributed by atoms with Crippen LogP contribution in [0.15, 0.2) is 0 Å². The molecule has 1 aliphatic rings. The second-order valence-corrected chi connectivity index (χ2v) is 5.74. The molecule has 0 bridgehead atoms. The average Bonchev–Trinajstić information content (AvgIpc) is 2.75. The van der Waals surface area contributed by atoms with Gasteiger partial charge in [0.05, 0.1) is 18.1 Å². The Morgan fingerprint density at radius 1 is 1.41 bits per heavy atom. The molecule has 3 N–H and O–H groups in total. The maximum absolute atomic E-state index is 12.4. The lowest BCUT2D eigenvalue weighted by Gasteiger charge is -2.33. The van der Waals surface area contributed by atoms with Gasteiger partial charge in [-0.2, -0.15) is 0 Å². The topological polar surface area (TPSA) is 61.4 Å². The van der Waals surface area contributed by atoms with Gasteiger partial charge in [-0.15, -0.1) is 0 Å². The molecule has 2 unspecified atom stereocenters. The Kier molecular flexibility index (Phi) is 4.95. The van der Waals surface area contributed by atoms with Crippen molar-refractivity contribution in [2.75, 3.05) is 19.7 Å². The van der Waals surface area contributed by atoms with Crippen molar-refractivity contribution in [2.45, 2.75) is 40.2 Å². The number of aliphatic hydroxyl groups is 1. The summed E-state index contributed by atoms with van der Waals surface area (Å²) in [4.78, 5) is 12.4. The first kappa shape index (κ1) is 14.5. The summed E-state index contributed by atoms with van der Waals surface area (Å²) in [6.07, 6.45) is 0.882. The van der Waals surface area contributed by atoms with Crippen molar-refractivity contribution in [3.05, 3.63) is 0 Å². The first-order valence-corrected chi connectivity index (χ1v) is 6.56. The van der Waals surface area contributed by atoms with Crippen molar-refractivity contribution in [1.82, 2.24) is 10.6 Å². The number of aliphatic hydroxyl groups excluding tert-OH is 1. The number of rotatable bonds is 5. The van der Waals surface area contributed by atoms with E-state index in [4.69, 9.17) is 0 Å². The van der Waals surface area contributed by atoms with E-state index in [1.165, 1.54) is 0 Å². The van der Waals surface area contributed by atoms with Gasteiger partial charge in [0.25, 0.3) is 0 Å². The Morgan fingerprint density at radius 2 is 2.06 bits per heavy atom. The number of hydrogen-bond donors (Lipinski definition) is 3. The standard InChI is InChI=1S/C13H26N2O2/c1-9(2)11(7-16)15-12(17)13(10(3)4)5-6-14-8-13/h9-11,14,16H,5-8H2,1-4H3,(H,15,17). The van der Waals surface area contributed by atoms with Crippen LogP contribution in [0.3, 0.4) is 0 Å². The van der Waals surface area contributed by atoms with Crippen LogP contribution in [0.2, 0.25) is 0 Å². The number of carbonyl (C=O) groups is 1. The fourth-order valence-electron chi connectivity index (χ4n) is 2.40. The third-order valence-electron chi connectivity index (χ3n) is 4.06. The molecule has 0 aromatic rings. The molecule has 4 nitrogen and oxygen atoms in total. The van der Waals surface area contributed by atoms with E-state index < -0.39 is 0 Å². The minimum atomic E-state index is -0.303. The van der Waals surface area contributed by atoms with E-state index in [1.807, 2.05) is 13.8 Å². The zero-order chi connectivity index (χ0) is 13.1. The summed E-state index contributed by atoms with van der Waals surface area (Å²) in [7, 11) is 0. The van der Waals surface area contributed by atoms with Gasteiger partial charge in [0.15, 0.2) is 0 Å². The Labute approximate surface area is 104 Å². The summed E-state index contributed by atoms with van der Waals surface area (Å²) in [5, 5.41) is 15.6. The highest BCUT2D eigenvalue weighted by molar-refractivity contribution is 5.84. The van der Waals surface area contributed by atoms with Crippen LogP contribution in [0, 0.1) is 17.3 Å². The second-order valence-electron chi connectivity index (χ2n) is 5.74. The summed E-state index contributed by atoms with van der Waals surface area (Å²) in [5.41, 5.74) is -0.303. The van der Waals surface area contributed by atoms with Crippen LogP contribution < -0.4 is 10.6 Å². The average molecular weight is 242 g/mol. The van der Waals surface area contributed by atoms with Crippen molar-refractivity contribution in [2.24, 2.45) is 17.3 Å². The van der Waals surface area contributed by atoms with Gasteiger partial charge in [0, 0.05) is 6.54 Å². The summed E-state index contributed by atoms with van der Waals surface area (Å²) in [5.74, 6) is 0.650. The highest BCUT2D eigenvalue weighted by Crippen LogP contribution is 2.34. The number of hydrogen-bond acceptors (Lipinski definition) is 3. The molecule has 1 fully saturated rings. The van der Waals surface area contributed by atoms with Gasteiger partial charge in [0.2, 0.25) is 5.91 Å². The molecule has 1 saturated heterocycles. The van der Waals surface area contributed by atoms with E-state index in [9.17, 15) is 9.90 Å². The minimum absolute atomic E-state index is 0.00497. The van der Waals surface area contributed by atoms with E-state index >= 15 is 0 Å². The van der Waals surface area contributed by atoms with Crippen LogP contribution >= 0.6 is 0 Å². The van der Waals surface area contributed by atoms with E-state index in [0.29, 0.717) is 5.92 Å². The van der Waals surface area contributed by atoms with Gasteiger partial charge in [-0.3, -0.25) is 4.79 Å². The van der Waals surface area contributed by atoms with Crippen molar-refractivity contribution >= 4 is 5.91 Å². The predicted molar refractivity (Wildman–Crippen MR) is 68.6 cm³/mol. The molecule has 2 atom stereocenters. The molecule has 0 radical (unpaired) electrons. The summed E-state index contributed by atoms with van der Waals surface area (Å²) < 4.78 is 0. The summed E-state index contributed by atoms with van der Waals surface area (Å²) >= 11 is 0. The van der Waals surface area contributed by atoms with Gasteiger partial charge in [0.1, 0.15) is 0 Å². The zero-order valence-electron chi connectivity index (χ0n) is 11.4. The van der Waals surface area contributed by atoms with Crippen LogP contribution in [-0.2, 0) is 4.79 Å². The summed E-state index contributed by atoms with van der Waals surface area (Å²) in [6, 6.07) is -0.140. The molecule has 1 amide bonds. The van der Waals surface area contributed by atoms with Crippen LogP contribution in [0.5, 0.6) is 0 Å². The Hall–Kier alpha value is -0.610. The maximum Gasteiger partial charge on any atom is 0.228 e. The predicted octanol–water partition coefficient (Wildman–Crippen LogP) is 0.755. The maximum atomic E-state index is 12.4. The van der Waals surface area contributed by atoms with Crippen LogP contribution in [0.4, 0.5) is 0 Å². The smallest absolute Gasteiger partial charge is 0.228 e. The monoisotopic (exact) mass is 242 g/mol. The molecule has 4 heteroatoms. The van der Waals surface area contributed by atoms with Crippen molar-refractivity contribution in [3.63, 3.8) is 0 Å². The van der Waals surface area contributed by atoms with Crippen molar-refractivity contribution < 1.29 is 9.90 Å². The van der Waals surface area contributed by atoms with Crippen molar-refractivity contribution in [3.8, 4) is 0 Å². The first-order valence-electron chi connectivity index (χ1n) is 6.56. The fourth-order valence-corrected chi connectivity index (χ4v) is 2.40. The lowest BCUT2D eigenvalue weighted by molar-refractivity contribution is -0.133. The lowest BCUT2D eigenvalue weighted by Crippen LogP contribution is -2.51. The highest BCUT2D eigenvalue weighted by Gasteiger charge is 2.44. The normalized spacial score (nSPS) is 26.5. The molecule has 0 aliphatic carbocycles. The molecule has 1 heterocycles. The third-order valence-corrected chi connectivity index (χ3v) is 4.06. The van der Waals surface area contributed by atoms with E-state index in [-0.39, 0.29) is 29.9 Å². The van der Waals surface area contributed by atoms with Crippen LogP contribution in [-0.4, -0.2) is 36.8 Å². The van der Waals surface area contributed by atoms with Gasteiger partial charge < -0.3 is 15.7 Å². The quantitative estimate of drug-likeness (QED) is 0.667. The Balaban J connectivity index is 2.73. The lowest BCUT2D eigenvalue weighted by atomic mass is 9.75. The SMILES string of the molecule is CC(C)C(CO)NC(=O)C1(C(C)C)CCNC1. The molecule has 1 aliphatic heterocycles. The molecule has 17 heavy (non-hydrogen) atoms. The first-order chi connectivity index (χ1) is 7.94. The Bertz CT molecular complexity index is 258. The van der Waals surface area contributed by atoms with E-state index in [1.54, 1.807) is 0 Å². The molecular formula is C13H26N2O2. The second kappa shape index (κ2) is 5.83. The highest BCUT2D eigenvalue weighted by atomic mass is 16.3. The molecule has 0 aromatic carbocycles. The largest absolute Gasteiger partial charge is 0.394 e. The van der Waals surface area contributed by atoms with Crippen LogP contribution in [0.25, 0.3) is 0 Å². The van der Waals surface area contributed by atoms with Crippen LogP contribution in [0.1, 0.15) is 34.1 Å². The molecule has 0 spiro atoms. The van der Waals surface area contributed by atoms with E-state index in [2.05, 4.69) is 24.5 Å². The number of carbonyl (C=O) groups excluding carboxylic acids is 1. The fraction of sp³-hybridized carbons (Fsp3) is 0.923. The molecule has 1 rings (SSSR count).